The van der Waals surface area contributed by atoms with Crippen LogP contribution in [0.15, 0.2) is 35.7 Å². The van der Waals surface area contributed by atoms with Crippen molar-refractivity contribution in [2.45, 2.75) is 13.8 Å². The molecule has 0 bridgehead atoms. The second-order valence-electron chi connectivity index (χ2n) is 4.41. The average Bonchev–Trinajstić information content (AvgIpc) is 2.94. The number of thiazole rings is 1. The van der Waals surface area contributed by atoms with E-state index in [0.29, 0.717) is 11.7 Å². The summed E-state index contributed by atoms with van der Waals surface area (Å²) in [7, 11) is 0. The molecule has 0 saturated carbocycles. The highest BCUT2D eigenvalue weighted by atomic mass is 35.5. The first-order valence-corrected chi connectivity index (χ1v) is 7.64. The van der Waals surface area contributed by atoms with Gasteiger partial charge in [-0.3, -0.25) is 9.69 Å². The highest BCUT2D eigenvalue weighted by molar-refractivity contribution is 7.14. The van der Waals surface area contributed by atoms with E-state index in [1.54, 1.807) is 0 Å². The van der Waals surface area contributed by atoms with Crippen molar-refractivity contribution in [3.63, 3.8) is 0 Å². The summed E-state index contributed by atoms with van der Waals surface area (Å²) in [5.74, 6) is -0.0114. The third-order valence-corrected chi connectivity index (χ3v) is 3.84. The zero-order valence-electron chi connectivity index (χ0n) is 12.2. The molecule has 0 radical (unpaired) electrons. The Morgan fingerprint density at radius 1 is 1.24 bits per heavy atom. The zero-order valence-corrected chi connectivity index (χ0v) is 13.8. The molecule has 4 nitrogen and oxygen atoms in total. The Kier molecular flexibility index (Phi) is 7.36. The topological polar surface area (TPSA) is 45.2 Å². The maximum Gasteiger partial charge on any atom is 0.240 e. The van der Waals surface area contributed by atoms with E-state index >= 15 is 0 Å². The minimum Gasteiger partial charge on any atom is -0.301 e. The number of halogens is 1. The summed E-state index contributed by atoms with van der Waals surface area (Å²) >= 11 is 1.45. The quantitative estimate of drug-likeness (QED) is 0.884. The zero-order chi connectivity index (χ0) is 14.4. The smallest absolute Gasteiger partial charge is 0.240 e. The van der Waals surface area contributed by atoms with Gasteiger partial charge in [-0.1, -0.05) is 44.2 Å². The van der Waals surface area contributed by atoms with Crippen molar-refractivity contribution in [2.75, 3.05) is 25.0 Å². The Balaban J connectivity index is 0.00000220. The second-order valence-corrected chi connectivity index (χ2v) is 5.27. The Hall–Kier alpha value is -1.43. The third kappa shape index (κ3) is 5.12. The van der Waals surface area contributed by atoms with Crippen LogP contribution >= 0.6 is 23.7 Å². The molecule has 6 heteroatoms. The van der Waals surface area contributed by atoms with Gasteiger partial charge in [0.05, 0.1) is 12.2 Å². The molecule has 0 atom stereocenters. The number of benzene rings is 1. The average molecular weight is 326 g/mol. The summed E-state index contributed by atoms with van der Waals surface area (Å²) in [5, 5.41) is 5.47. The monoisotopic (exact) mass is 325 g/mol. The number of rotatable bonds is 6. The van der Waals surface area contributed by atoms with E-state index in [1.807, 2.05) is 49.6 Å². The van der Waals surface area contributed by atoms with E-state index in [9.17, 15) is 4.79 Å². The number of carbonyl (C=O) groups excluding carboxylic acids is 1. The van der Waals surface area contributed by atoms with E-state index in [0.717, 1.165) is 24.3 Å². The summed E-state index contributed by atoms with van der Waals surface area (Å²) < 4.78 is 0. The molecule has 1 N–H and O–H groups in total. The molecule has 1 amide bonds. The fourth-order valence-corrected chi connectivity index (χ4v) is 2.62. The molecule has 1 aromatic heterocycles. The van der Waals surface area contributed by atoms with E-state index in [-0.39, 0.29) is 18.3 Å². The van der Waals surface area contributed by atoms with Gasteiger partial charge in [-0.25, -0.2) is 4.98 Å². The Labute approximate surface area is 135 Å². The van der Waals surface area contributed by atoms with Gasteiger partial charge in [0.25, 0.3) is 0 Å². The van der Waals surface area contributed by atoms with Crippen LogP contribution in [0, 0.1) is 0 Å². The number of likely N-dealkylation sites (N-methyl/N-ethyl adjacent to an activating group) is 1. The number of hydrogen-bond donors (Lipinski definition) is 1. The molecule has 0 spiro atoms. The molecule has 0 aliphatic heterocycles. The standard InChI is InChI=1S/C15H19N3OS.ClH/c1-3-18(4-2)10-14(19)17-15-16-13(11-20-15)12-8-6-5-7-9-12;/h5-9,11H,3-4,10H2,1-2H3,(H,16,17,19);1H. The second kappa shape index (κ2) is 8.77. The fourth-order valence-electron chi connectivity index (χ4n) is 1.88. The van der Waals surface area contributed by atoms with Crippen molar-refractivity contribution in [3.05, 3.63) is 35.7 Å². The van der Waals surface area contributed by atoms with E-state index in [4.69, 9.17) is 0 Å². The number of amides is 1. The molecule has 2 rings (SSSR count). The fraction of sp³-hybridized carbons (Fsp3) is 0.333. The molecule has 21 heavy (non-hydrogen) atoms. The van der Waals surface area contributed by atoms with Gasteiger partial charge in [0.1, 0.15) is 0 Å². The summed E-state index contributed by atoms with van der Waals surface area (Å²) in [6.45, 7) is 6.25. The molecule has 0 aliphatic carbocycles. The van der Waals surface area contributed by atoms with E-state index in [1.165, 1.54) is 11.3 Å². The van der Waals surface area contributed by atoms with Crippen molar-refractivity contribution in [3.8, 4) is 11.3 Å². The molecule has 114 valence electrons. The molecule has 0 aliphatic rings. The van der Waals surface area contributed by atoms with Crippen LogP contribution in [0.5, 0.6) is 0 Å². The number of nitrogens with one attached hydrogen (secondary N) is 1. The van der Waals surface area contributed by atoms with Crippen LogP contribution in [0.2, 0.25) is 0 Å². The molecular weight excluding hydrogens is 306 g/mol. The Bertz CT molecular complexity index is 555. The minimum atomic E-state index is -0.0114. The maximum atomic E-state index is 11.9. The molecule has 2 aromatic rings. The molecule has 0 unspecified atom stereocenters. The summed E-state index contributed by atoms with van der Waals surface area (Å²) in [4.78, 5) is 18.4. The maximum absolute atomic E-state index is 11.9. The van der Waals surface area contributed by atoms with Crippen LogP contribution in [-0.4, -0.2) is 35.4 Å². The molecule has 0 saturated heterocycles. The van der Waals surface area contributed by atoms with Crippen molar-refractivity contribution in [2.24, 2.45) is 0 Å². The van der Waals surface area contributed by atoms with Crippen molar-refractivity contribution >= 4 is 34.8 Å². The first-order chi connectivity index (χ1) is 9.72. The predicted octanol–water partition coefficient (Wildman–Crippen LogP) is 3.51. The highest BCUT2D eigenvalue weighted by Crippen LogP contribution is 2.24. The van der Waals surface area contributed by atoms with Gasteiger partial charge < -0.3 is 5.32 Å². The van der Waals surface area contributed by atoms with Gasteiger partial charge in [0.2, 0.25) is 5.91 Å². The SMILES string of the molecule is CCN(CC)CC(=O)Nc1nc(-c2ccccc2)cs1.Cl. The highest BCUT2D eigenvalue weighted by Gasteiger charge is 2.10. The van der Waals surface area contributed by atoms with Crippen molar-refractivity contribution < 1.29 is 4.79 Å². The predicted molar refractivity (Wildman–Crippen MR) is 91.2 cm³/mol. The van der Waals surface area contributed by atoms with E-state index < -0.39 is 0 Å². The van der Waals surface area contributed by atoms with Gasteiger partial charge in [0, 0.05) is 10.9 Å². The lowest BCUT2D eigenvalue weighted by atomic mass is 10.2. The first-order valence-electron chi connectivity index (χ1n) is 6.76. The van der Waals surface area contributed by atoms with Crippen LogP contribution in [0.1, 0.15) is 13.8 Å². The normalized spacial score (nSPS) is 10.2. The van der Waals surface area contributed by atoms with Crippen LogP contribution in [0.3, 0.4) is 0 Å². The lowest BCUT2D eigenvalue weighted by Crippen LogP contribution is -2.32. The summed E-state index contributed by atoms with van der Waals surface area (Å²) in [6, 6.07) is 9.95. The van der Waals surface area contributed by atoms with Crippen LogP contribution < -0.4 is 5.32 Å². The molecule has 1 aromatic carbocycles. The lowest BCUT2D eigenvalue weighted by molar-refractivity contribution is -0.117. The summed E-state index contributed by atoms with van der Waals surface area (Å²) in [5.41, 5.74) is 1.96. The number of nitrogens with zero attached hydrogens (tertiary/aromatic N) is 2. The minimum absolute atomic E-state index is 0. The molecule has 0 fully saturated rings. The number of aromatic nitrogens is 1. The third-order valence-electron chi connectivity index (χ3n) is 3.08. The van der Waals surface area contributed by atoms with Crippen LogP contribution in [0.4, 0.5) is 5.13 Å². The number of anilines is 1. The van der Waals surface area contributed by atoms with E-state index in [2.05, 4.69) is 15.2 Å². The summed E-state index contributed by atoms with van der Waals surface area (Å²) in [6.07, 6.45) is 0. The van der Waals surface area contributed by atoms with Gasteiger partial charge in [-0.2, -0.15) is 0 Å². The van der Waals surface area contributed by atoms with Gasteiger partial charge in [0.15, 0.2) is 5.13 Å². The van der Waals surface area contributed by atoms with Crippen molar-refractivity contribution in [1.29, 1.82) is 0 Å². The molecule has 1 heterocycles. The Morgan fingerprint density at radius 3 is 2.52 bits per heavy atom. The number of carbonyl (C=O) groups is 1. The molecular formula is C15H20ClN3OS. The lowest BCUT2D eigenvalue weighted by Gasteiger charge is -2.16. The largest absolute Gasteiger partial charge is 0.301 e. The van der Waals surface area contributed by atoms with Gasteiger partial charge in [-0.15, -0.1) is 23.7 Å². The van der Waals surface area contributed by atoms with Crippen LogP contribution in [0.25, 0.3) is 11.3 Å². The number of hydrogen-bond acceptors (Lipinski definition) is 4. The van der Waals surface area contributed by atoms with Gasteiger partial charge in [-0.05, 0) is 13.1 Å². The Morgan fingerprint density at radius 2 is 1.90 bits per heavy atom. The first kappa shape index (κ1) is 17.6. The van der Waals surface area contributed by atoms with Crippen molar-refractivity contribution in [1.82, 2.24) is 9.88 Å². The van der Waals surface area contributed by atoms with Gasteiger partial charge >= 0.3 is 0 Å². The van der Waals surface area contributed by atoms with Crippen LogP contribution in [-0.2, 0) is 4.79 Å².